The molecule has 0 saturated carbocycles. The monoisotopic (exact) mass is 249 g/mol. The van der Waals surface area contributed by atoms with Crippen LogP contribution >= 0.6 is 23.2 Å². The summed E-state index contributed by atoms with van der Waals surface area (Å²) in [6, 6.07) is 13.4. The van der Waals surface area contributed by atoms with Crippen molar-refractivity contribution in [3.8, 4) is 0 Å². The number of pyridine rings is 1. The highest BCUT2D eigenvalue weighted by molar-refractivity contribution is 6.33. The average Bonchev–Trinajstić information content (AvgIpc) is 2.29. The molecule has 0 aliphatic carbocycles. The number of benzene rings is 1. The minimum Gasteiger partial charge on any atom is -0.224 e. The molecule has 0 amide bonds. The van der Waals surface area contributed by atoms with Crippen LogP contribution in [-0.4, -0.2) is 4.98 Å². The summed E-state index contributed by atoms with van der Waals surface area (Å²) in [6.45, 7) is 4.02. The second-order valence-electron chi connectivity index (χ2n) is 3.32. The van der Waals surface area contributed by atoms with E-state index in [0.717, 1.165) is 16.7 Å². The van der Waals surface area contributed by atoms with Crippen LogP contribution in [-0.2, 0) is 0 Å². The zero-order chi connectivity index (χ0) is 11.5. The summed E-state index contributed by atoms with van der Waals surface area (Å²) in [5.74, 6) is 0. The molecule has 2 aromatic rings. The van der Waals surface area contributed by atoms with Gasteiger partial charge in [-0.15, -0.1) is 0 Å². The van der Waals surface area contributed by atoms with Crippen LogP contribution in [0.1, 0.15) is 11.1 Å². The van der Waals surface area contributed by atoms with E-state index in [1.807, 2.05) is 36.4 Å². The second-order valence-corrected chi connectivity index (χ2v) is 4.06. The Morgan fingerprint density at radius 2 is 1.69 bits per heavy atom. The molecule has 0 bridgehead atoms. The molecule has 80 valence electrons. The van der Waals surface area contributed by atoms with Crippen LogP contribution in [0.4, 0.5) is 0 Å². The highest BCUT2D eigenvalue weighted by Crippen LogP contribution is 2.27. The first-order chi connectivity index (χ1) is 7.68. The van der Waals surface area contributed by atoms with Gasteiger partial charge >= 0.3 is 0 Å². The molecule has 0 fully saturated rings. The molecule has 1 aromatic heterocycles. The van der Waals surface area contributed by atoms with Gasteiger partial charge in [0, 0.05) is 5.56 Å². The Labute approximate surface area is 104 Å². The molecule has 0 N–H and O–H groups in total. The number of hydrogen-bond acceptors (Lipinski definition) is 1. The summed E-state index contributed by atoms with van der Waals surface area (Å²) < 4.78 is 0. The fourth-order valence-corrected chi connectivity index (χ4v) is 1.89. The zero-order valence-corrected chi connectivity index (χ0v) is 9.96. The molecule has 0 radical (unpaired) electrons. The van der Waals surface area contributed by atoms with Crippen LogP contribution in [0.5, 0.6) is 0 Å². The lowest BCUT2D eigenvalue weighted by Gasteiger charge is -2.07. The summed E-state index contributed by atoms with van der Waals surface area (Å²) in [7, 11) is 0. The van der Waals surface area contributed by atoms with Crippen LogP contribution in [0.15, 0.2) is 49.0 Å². The lowest BCUT2D eigenvalue weighted by atomic mass is 10.0. The Morgan fingerprint density at radius 1 is 1.00 bits per heavy atom. The molecule has 1 nitrogen and oxygen atoms in total. The van der Waals surface area contributed by atoms with Gasteiger partial charge in [-0.3, -0.25) is 0 Å². The first kappa shape index (κ1) is 11.2. The molecule has 0 saturated heterocycles. The molecule has 0 spiro atoms. The van der Waals surface area contributed by atoms with E-state index in [4.69, 9.17) is 23.2 Å². The summed E-state index contributed by atoms with van der Waals surface area (Å²) in [4.78, 5) is 3.99. The quantitative estimate of drug-likeness (QED) is 0.717. The van der Waals surface area contributed by atoms with Crippen molar-refractivity contribution in [2.75, 3.05) is 0 Å². The van der Waals surface area contributed by atoms with Gasteiger partial charge in [-0.25, -0.2) is 4.98 Å². The summed E-state index contributed by atoms with van der Waals surface area (Å²) in [5, 5.41) is 0.760. The van der Waals surface area contributed by atoms with Crippen LogP contribution in [0.3, 0.4) is 0 Å². The molecule has 2 rings (SSSR count). The third-order valence-corrected chi connectivity index (χ3v) is 2.76. The van der Waals surface area contributed by atoms with Gasteiger partial charge in [-0.2, -0.15) is 0 Å². The molecule has 1 heterocycles. The van der Waals surface area contributed by atoms with E-state index in [-0.39, 0.29) is 0 Å². The van der Waals surface area contributed by atoms with Crippen LogP contribution < -0.4 is 0 Å². The molecular formula is C13H9Cl2N. The topological polar surface area (TPSA) is 12.9 Å². The fraction of sp³-hybridized carbons (Fsp3) is 0. The maximum Gasteiger partial charge on any atom is 0.138 e. The number of hydrogen-bond donors (Lipinski definition) is 0. The molecule has 16 heavy (non-hydrogen) atoms. The standard InChI is InChI=1S/C13H9Cl2N/c1-9(10-5-3-2-4-6-10)11-7-8-12(14)16-13(11)15/h2-8H,1H2. The van der Waals surface area contributed by atoms with E-state index in [1.165, 1.54) is 0 Å². The summed E-state index contributed by atoms with van der Waals surface area (Å²) in [6.07, 6.45) is 0. The number of halogens is 2. The Morgan fingerprint density at radius 3 is 2.31 bits per heavy atom. The van der Waals surface area contributed by atoms with Crippen LogP contribution in [0.25, 0.3) is 5.57 Å². The van der Waals surface area contributed by atoms with E-state index < -0.39 is 0 Å². The van der Waals surface area contributed by atoms with Gasteiger partial charge in [0.15, 0.2) is 0 Å². The summed E-state index contributed by atoms with van der Waals surface area (Å²) in [5.41, 5.74) is 2.67. The van der Waals surface area contributed by atoms with Gasteiger partial charge in [-0.1, -0.05) is 60.1 Å². The van der Waals surface area contributed by atoms with E-state index in [2.05, 4.69) is 11.6 Å². The highest BCUT2D eigenvalue weighted by atomic mass is 35.5. The van der Waals surface area contributed by atoms with E-state index >= 15 is 0 Å². The first-order valence-electron chi connectivity index (χ1n) is 4.75. The Hall–Kier alpha value is -1.31. The minimum absolute atomic E-state index is 0.376. The minimum atomic E-state index is 0.376. The molecular weight excluding hydrogens is 241 g/mol. The first-order valence-corrected chi connectivity index (χ1v) is 5.51. The van der Waals surface area contributed by atoms with Crippen molar-refractivity contribution in [2.45, 2.75) is 0 Å². The van der Waals surface area contributed by atoms with E-state index in [9.17, 15) is 0 Å². The average molecular weight is 250 g/mol. The molecule has 1 aromatic carbocycles. The van der Waals surface area contributed by atoms with Crippen molar-refractivity contribution in [3.63, 3.8) is 0 Å². The Kier molecular flexibility index (Phi) is 3.28. The maximum atomic E-state index is 6.02. The molecule has 0 aliphatic rings. The highest BCUT2D eigenvalue weighted by Gasteiger charge is 2.07. The molecule has 0 aliphatic heterocycles. The zero-order valence-electron chi connectivity index (χ0n) is 8.45. The number of aromatic nitrogens is 1. The van der Waals surface area contributed by atoms with Crippen molar-refractivity contribution < 1.29 is 0 Å². The predicted octanol–water partition coefficient (Wildman–Crippen LogP) is 4.45. The van der Waals surface area contributed by atoms with E-state index in [0.29, 0.717) is 10.3 Å². The van der Waals surface area contributed by atoms with Gasteiger partial charge in [0.1, 0.15) is 10.3 Å². The van der Waals surface area contributed by atoms with Gasteiger partial charge < -0.3 is 0 Å². The van der Waals surface area contributed by atoms with Crippen molar-refractivity contribution in [3.05, 3.63) is 70.5 Å². The van der Waals surface area contributed by atoms with E-state index in [1.54, 1.807) is 6.07 Å². The van der Waals surface area contributed by atoms with Crippen molar-refractivity contribution in [2.24, 2.45) is 0 Å². The lowest BCUT2D eigenvalue weighted by molar-refractivity contribution is 1.31. The second kappa shape index (κ2) is 4.69. The molecule has 0 unspecified atom stereocenters. The van der Waals surface area contributed by atoms with Gasteiger partial charge in [-0.05, 0) is 23.3 Å². The van der Waals surface area contributed by atoms with Gasteiger partial charge in [0.2, 0.25) is 0 Å². The Balaban J connectivity index is 2.42. The maximum absolute atomic E-state index is 6.02. The van der Waals surface area contributed by atoms with Gasteiger partial charge in [0.25, 0.3) is 0 Å². The normalized spacial score (nSPS) is 10.1. The third-order valence-electron chi connectivity index (χ3n) is 2.26. The SMILES string of the molecule is C=C(c1ccccc1)c1ccc(Cl)nc1Cl. The van der Waals surface area contributed by atoms with Crippen LogP contribution in [0, 0.1) is 0 Å². The number of nitrogens with zero attached hydrogens (tertiary/aromatic N) is 1. The van der Waals surface area contributed by atoms with Crippen molar-refractivity contribution in [1.29, 1.82) is 0 Å². The molecule has 3 heteroatoms. The van der Waals surface area contributed by atoms with Gasteiger partial charge in [0.05, 0.1) is 0 Å². The fourth-order valence-electron chi connectivity index (χ4n) is 1.43. The largest absolute Gasteiger partial charge is 0.224 e. The van der Waals surface area contributed by atoms with Crippen molar-refractivity contribution in [1.82, 2.24) is 4.98 Å². The van der Waals surface area contributed by atoms with Crippen LogP contribution in [0.2, 0.25) is 10.3 Å². The van der Waals surface area contributed by atoms with Crippen molar-refractivity contribution >= 4 is 28.8 Å². The predicted molar refractivity (Wildman–Crippen MR) is 68.8 cm³/mol. The number of rotatable bonds is 2. The molecule has 0 atom stereocenters. The lowest BCUT2D eigenvalue weighted by Crippen LogP contribution is -1.89. The summed E-state index contributed by atoms with van der Waals surface area (Å²) >= 11 is 11.8. The Bertz CT molecular complexity index is 521. The smallest absolute Gasteiger partial charge is 0.138 e. The third kappa shape index (κ3) is 2.26.